The van der Waals surface area contributed by atoms with Crippen molar-refractivity contribution in [2.45, 2.75) is 26.3 Å². The molecule has 0 saturated carbocycles. The number of aromatic nitrogens is 1. The normalized spacial score (nSPS) is 12.6. The van der Waals surface area contributed by atoms with Crippen LogP contribution < -0.4 is 5.32 Å². The van der Waals surface area contributed by atoms with E-state index in [2.05, 4.69) is 10.3 Å². The van der Waals surface area contributed by atoms with Crippen molar-refractivity contribution in [3.8, 4) is 0 Å². The van der Waals surface area contributed by atoms with Gasteiger partial charge in [0.25, 0.3) is 0 Å². The van der Waals surface area contributed by atoms with E-state index in [1.54, 1.807) is 5.51 Å². The van der Waals surface area contributed by atoms with Gasteiger partial charge in [0, 0.05) is 16.5 Å². The zero-order valence-electron chi connectivity index (χ0n) is 10.9. The molecule has 1 aromatic heterocycles. The largest absolute Gasteiger partial charge is 0.305 e. The van der Waals surface area contributed by atoms with Crippen LogP contribution in [-0.4, -0.2) is 11.5 Å². The topological polar surface area (TPSA) is 24.9 Å². The van der Waals surface area contributed by atoms with Gasteiger partial charge in [0.05, 0.1) is 17.2 Å². The van der Waals surface area contributed by atoms with Gasteiger partial charge in [-0.1, -0.05) is 13.0 Å². The minimum absolute atomic E-state index is 0.270. The highest BCUT2D eigenvalue weighted by Gasteiger charge is 2.21. The van der Waals surface area contributed by atoms with E-state index in [0.29, 0.717) is 5.56 Å². The number of hydrogen-bond acceptors (Lipinski definition) is 3. The third-order valence-corrected chi connectivity index (χ3v) is 3.91. The number of nitrogens with one attached hydrogen (secondary N) is 1. The Balaban J connectivity index is 2.40. The second-order valence-corrected chi connectivity index (χ2v) is 5.24. The number of aryl methyl sites for hydroxylation is 1. The maximum absolute atomic E-state index is 14.0. The van der Waals surface area contributed by atoms with Gasteiger partial charge < -0.3 is 5.32 Å². The summed E-state index contributed by atoms with van der Waals surface area (Å²) >= 11 is 1.48. The van der Waals surface area contributed by atoms with Crippen molar-refractivity contribution >= 4 is 11.3 Å². The van der Waals surface area contributed by atoms with Crippen LogP contribution in [0, 0.1) is 18.6 Å². The maximum atomic E-state index is 14.0. The number of halogens is 2. The predicted molar refractivity (Wildman–Crippen MR) is 73.3 cm³/mol. The smallest absolute Gasteiger partial charge is 0.131 e. The molecule has 0 radical (unpaired) electrons. The molecule has 19 heavy (non-hydrogen) atoms. The Morgan fingerprint density at radius 3 is 2.74 bits per heavy atom. The van der Waals surface area contributed by atoms with Gasteiger partial charge in [-0.2, -0.15) is 0 Å². The minimum atomic E-state index is -0.559. The van der Waals surface area contributed by atoms with Crippen LogP contribution in [-0.2, 0) is 0 Å². The molecule has 1 unspecified atom stereocenters. The Morgan fingerprint density at radius 1 is 1.37 bits per heavy atom. The van der Waals surface area contributed by atoms with Crippen LogP contribution in [0.5, 0.6) is 0 Å². The third-order valence-electron chi connectivity index (χ3n) is 2.92. The molecule has 5 heteroatoms. The first-order valence-electron chi connectivity index (χ1n) is 6.21. The summed E-state index contributed by atoms with van der Waals surface area (Å²) in [4.78, 5) is 5.17. The fraction of sp³-hybridized carbons (Fsp3) is 0.357. The van der Waals surface area contributed by atoms with Crippen LogP contribution in [0.15, 0.2) is 23.7 Å². The van der Waals surface area contributed by atoms with Gasteiger partial charge in [-0.3, -0.25) is 0 Å². The Morgan fingerprint density at radius 2 is 2.16 bits per heavy atom. The van der Waals surface area contributed by atoms with Gasteiger partial charge in [-0.05, 0) is 26.0 Å². The fourth-order valence-corrected chi connectivity index (χ4v) is 2.85. The van der Waals surface area contributed by atoms with Gasteiger partial charge in [0.1, 0.15) is 11.6 Å². The first-order chi connectivity index (χ1) is 9.13. The SMILES string of the molecule is CCCNC(c1ccc(F)cc1F)c1scnc1C. The Hall–Kier alpha value is -1.33. The van der Waals surface area contributed by atoms with E-state index in [9.17, 15) is 8.78 Å². The highest BCUT2D eigenvalue weighted by Crippen LogP contribution is 2.29. The number of rotatable bonds is 5. The van der Waals surface area contributed by atoms with Crippen LogP contribution in [0.3, 0.4) is 0 Å². The average molecular weight is 282 g/mol. The van der Waals surface area contributed by atoms with Crippen molar-refractivity contribution in [2.24, 2.45) is 0 Å². The lowest BCUT2D eigenvalue weighted by Crippen LogP contribution is -2.24. The van der Waals surface area contributed by atoms with Crippen LogP contribution in [0.4, 0.5) is 8.78 Å². The molecule has 0 fully saturated rings. The average Bonchev–Trinajstić information content (AvgIpc) is 2.78. The molecule has 0 aliphatic rings. The van der Waals surface area contributed by atoms with E-state index in [0.717, 1.165) is 29.6 Å². The van der Waals surface area contributed by atoms with Gasteiger partial charge in [0.15, 0.2) is 0 Å². The molecule has 2 rings (SSSR count). The first-order valence-corrected chi connectivity index (χ1v) is 7.09. The second-order valence-electron chi connectivity index (χ2n) is 4.35. The van der Waals surface area contributed by atoms with Crippen molar-refractivity contribution in [2.75, 3.05) is 6.54 Å². The summed E-state index contributed by atoms with van der Waals surface area (Å²) < 4.78 is 27.0. The molecule has 2 nitrogen and oxygen atoms in total. The lowest BCUT2D eigenvalue weighted by molar-refractivity contribution is 0.535. The Labute approximate surface area is 115 Å². The van der Waals surface area contributed by atoms with E-state index in [1.807, 2.05) is 13.8 Å². The highest BCUT2D eigenvalue weighted by molar-refractivity contribution is 7.09. The molecule has 1 aromatic carbocycles. The van der Waals surface area contributed by atoms with E-state index < -0.39 is 11.6 Å². The molecular weight excluding hydrogens is 266 g/mol. The molecule has 0 bridgehead atoms. The summed E-state index contributed by atoms with van der Waals surface area (Å²) in [6.45, 7) is 4.71. The molecule has 0 amide bonds. The summed E-state index contributed by atoms with van der Waals surface area (Å²) in [5, 5.41) is 3.30. The Kier molecular flexibility index (Phi) is 4.61. The fourth-order valence-electron chi connectivity index (χ4n) is 1.96. The van der Waals surface area contributed by atoms with Crippen molar-refractivity contribution in [3.63, 3.8) is 0 Å². The summed E-state index contributed by atoms with van der Waals surface area (Å²) in [6, 6.07) is 3.44. The number of benzene rings is 1. The zero-order valence-corrected chi connectivity index (χ0v) is 11.7. The maximum Gasteiger partial charge on any atom is 0.131 e. The quantitative estimate of drug-likeness (QED) is 0.901. The number of hydrogen-bond donors (Lipinski definition) is 1. The van der Waals surface area contributed by atoms with Crippen LogP contribution >= 0.6 is 11.3 Å². The van der Waals surface area contributed by atoms with Crippen LogP contribution in [0.1, 0.15) is 35.5 Å². The monoisotopic (exact) mass is 282 g/mol. The van der Waals surface area contributed by atoms with E-state index in [-0.39, 0.29) is 6.04 Å². The van der Waals surface area contributed by atoms with Crippen molar-refractivity contribution in [3.05, 3.63) is 51.5 Å². The lowest BCUT2D eigenvalue weighted by Gasteiger charge is -2.19. The van der Waals surface area contributed by atoms with Crippen molar-refractivity contribution in [1.82, 2.24) is 10.3 Å². The van der Waals surface area contributed by atoms with Crippen LogP contribution in [0.25, 0.3) is 0 Å². The standard InChI is InChI=1S/C14H16F2N2S/c1-3-6-17-13(14-9(2)18-8-19-14)11-5-4-10(15)7-12(11)16/h4-5,7-8,13,17H,3,6H2,1-2H3. The molecule has 2 aromatic rings. The highest BCUT2D eigenvalue weighted by atomic mass is 32.1. The minimum Gasteiger partial charge on any atom is -0.305 e. The first kappa shape index (κ1) is 14.1. The Bertz CT molecular complexity index is 554. The van der Waals surface area contributed by atoms with Gasteiger partial charge in [-0.25, -0.2) is 13.8 Å². The summed E-state index contributed by atoms with van der Waals surface area (Å²) in [5.74, 6) is -1.09. The number of nitrogens with zero attached hydrogens (tertiary/aromatic N) is 1. The van der Waals surface area contributed by atoms with E-state index in [4.69, 9.17) is 0 Å². The molecule has 0 saturated heterocycles. The van der Waals surface area contributed by atoms with Gasteiger partial charge >= 0.3 is 0 Å². The summed E-state index contributed by atoms with van der Waals surface area (Å²) in [6.07, 6.45) is 0.942. The number of thiazole rings is 1. The molecule has 1 atom stereocenters. The van der Waals surface area contributed by atoms with E-state index >= 15 is 0 Å². The van der Waals surface area contributed by atoms with Gasteiger partial charge in [0.2, 0.25) is 0 Å². The molecule has 0 aliphatic heterocycles. The molecule has 0 aliphatic carbocycles. The molecule has 0 spiro atoms. The second kappa shape index (κ2) is 6.21. The molecular formula is C14H16F2N2S. The van der Waals surface area contributed by atoms with Crippen LogP contribution in [0.2, 0.25) is 0 Å². The van der Waals surface area contributed by atoms with Crippen molar-refractivity contribution < 1.29 is 8.78 Å². The van der Waals surface area contributed by atoms with Crippen molar-refractivity contribution in [1.29, 1.82) is 0 Å². The molecule has 102 valence electrons. The summed E-state index contributed by atoms with van der Waals surface area (Å²) in [7, 11) is 0. The lowest BCUT2D eigenvalue weighted by atomic mass is 10.0. The molecule has 1 heterocycles. The third kappa shape index (κ3) is 3.16. The summed E-state index contributed by atoms with van der Waals surface area (Å²) in [5.41, 5.74) is 3.08. The van der Waals surface area contributed by atoms with Gasteiger partial charge in [-0.15, -0.1) is 11.3 Å². The zero-order chi connectivity index (χ0) is 13.8. The van der Waals surface area contributed by atoms with E-state index in [1.165, 1.54) is 23.5 Å². The predicted octanol–water partition coefficient (Wildman–Crippen LogP) is 3.82. The molecule has 1 N–H and O–H groups in total.